The van der Waals surface area contributed by atoms with Gasteiger partial charge in [-0.15, -0.1) is 22.7 Å². The minimum absolute atomic E-state index is 0.287. The van der Waals surface area contributed by atoms with Gasteiger partial charge in [-0.3, -0.25) is 0 Å². The van der Waals surface area contributed by atoms with Crippen molar-refractivity contribution in [2.45, 2.75) is 52.4 Å². The quantitative estimate of drug-likeness (QED) is 0.167. The van der Waals surface area contributed by atoms with Crippen LogP contribution in [-0.2, 0) is 10.8 Å². The number of nitriles is 2. The fourth-order valence-electron chi connectivity index (χ4n) is 13.3. The van der Waals surface area contributed by atoms with E-state index in [1.807, 2.05) is 24.3 Å². The third kappa shape index (κ3) is 6.51. The Morgan fingerprint density at radius 3 is 1.12 bits per heavy atom. The molecule has 10 aromatic carbocycles. The summed E-state index contributed by atoms with van der Waals surface area (Å²) in [5, 5.41) is 25.1. The van der Waals surface area contributed by atoms with Gasteiger partial charge in [0, 0.05) is 49.7 Å². The fraction of sp³-hybridized carbons (Fsp3) is 0.114. The third-order valence-corrected chi connectivity index (χ3v) is 18.8. The van der Waals surface area contributed by atoms with Crippen LogP contribution in [0.4, 0.5) is 34.1 Å². The summed E-state index contributed by atoms with van der Waals surface area (Å²) >= 11 is 3.41. The summed E-state index contributed by atoms with van der Waals surface area (Å²) in [5.41, 5.74) is 21.7. The largest absolute Gasteiger partial charge is 0.309 e. The zero-order valence-corrected chi connectivity index (χ0v) is 44.7. The number of hydrogen-bond donors (Lipinski definition) is 0. The molecule has 362 valence electrons. The highest BCUT2D eigenvalue weighted by atomic mass is 32.1. The molecule has 0 unspecified atom stereocenters. The maximum Gasteiger partial charge on any atom is 0.101 e. The smallest absolute Gasteiger partial charge is 0.101 e. The van der Waals surface area contributed by atoms with Gasteiger partial charge in [0.1, 0.15) is 12.1 Å². The Kier molecular flexibility index (Phi) is 10.2. The van der Waals surface area contributed by atoms with Gasteiger partial charge < -0.3 is 9.80 Å². The zero-order valence-electron chi connectivity index (χ0n) is 43.1. The van der Waals surface area contributed by atoms with Crippen molar-refractivity contribution in [3.8, 4) is 23.3 Å². The van der Waals surface area contributed by atoms with E-state index in [4.69, 9.17) is 0 Å². The first-order valence-corrected chi connectivity index (χ1v) is 27.6. The lowest BCUT2D eigenvalue weighted by molar-refractivity contribution is 0.563. The summed E-state index contributed by atoms with van der Waals surface area (Å²) in [4.78, 5) is 4.92. The van der Waals surface area contributed by atoms with E-state index >= 15 is 0 Å². The number of aryl methyl sites for hydroxylation is 4. The van der Waals surface area contributed by atoms with Crippen LogP contribution < -0.4 is 9.80 Å². The van der Waals surface area contributed by atoms with Crippen molar-refractivity contribution >= 4 is 97.1 Å². The Morgan fingerprint density at radius 2 is 0.724 bits per heavy atom. The van der Waals surface area contributed by atoms with Gasteiger partial charge in [-0.2, -0.15) is 10.5 Å². The van der Waals surface area contributed by atoms with Gasteiger partial charge in [0.05, 0.1) is 46.7 Å². The number of rotatable bonds is 6. The third-order valence-electron chi connectivity index (χ3n) is 16.3. The highest BCUT2D eigenvalue weighted by molar-refractivity contribution is 7.27. The summed E-state index contributed by atoms with van der Waals surface area (Å²) in [6.07, 6.45) is 0. The van der Waals surface area contributed by atoms with E-state index in [9.17, 15) is 10.5 Å². The van der Waals surface area contributed by atoms with Crippen LogP contribution in [0.25, 0.3) is 51.5 Å². The second kappa shape index (κ2) is 16.9. The molecular weight excluding hydrogens is 961 g/mol. The molecule has 4 nitrogen and oxygen atoms in total. The van der Waals surface area contributed by atoms with Gasteiger partial charge >= 0.3 is 0 Å². The summed E-state index contributed by atoms with van der Waals surface area (Å²) in [7, 11) is 0. The fourth-order valence-corrected chi connectivity index (χ4v) is 15.8. The Labute approximate surface area is 451 Å². The molecule has 0 fully saturated rings. The molecule has 0 N–H and O–H groups in total. The van der Waals surface area contributed by atoms with E-state index in [2.05, 4.69) is 233 Å². The van der Waals surface area contributed by atoms with Gasteiger partial charge in [0.15, 0.2) is 0 Å². The minimum atomic E-state index is -0.724. The van der Waals surface area contributed by atoms with Gasteiger partial charge in [-0.1, -0.05) is 135 Å². The molecule has 6 heteroatoms. The van der Waals surface area contributed by atoms with Crippen molar-refractivity contribution < 1.29 is 0 Å². The second-order valence-corrected chi connectivity index (χ2v) is 23.4. The first-order valence-electron chi connectivity index (χ1n) is 25.9. The van der Waals surface area contributed by atoms with Crippen molar-refractivity contribution in [3.05, 3.63) is 261 Å². The molecule has 0 radical (unpaired) electrons. The number of benzene rings is 10. The molecule has 2 aliphatic carbocycles. The predicted octanol–water partition coefficient (Wildman–Crippen LogP) is 19.3. The van der Waals surface area contributed by atoms with Crippen LogP contribution >= 0.6 is 22.7 Å². The number of hydrogen-bond acceptors (Lipinski definition) is 6. The molecule has 0 aliphatic heterocycles. The van der Waals surface area contributed by atoms with Gasteiger partial charge in [0.25, 0.3) is 0 Å². The number of nitrogens with zero attached hydrogens (tertiary/aromatic N) is 4. The van der Waals surface area contributed by atoms with Crippen LogP contribution in [0.2, 0.25) is 0 Å². The van der Waals surface area contributed by atoms with Crippen LogP contribution in [0.3, 0.4) is 0 Å². The SMILES string of the molecule is Cc1cc(C)cc(N(c2ccc3c(c2)C2(c4cc(N(c5cc(C)cc(C)c5)c5cccc6c5sc5c(C#N)cccc56)ccc4-3)c3ccccc3C(C)(C)c3ccccc32)c2cccc3c2sc2c(C#N)cccc23)c1. The summed E-state index contributed by atoms with van der Waals surface area (Å²) in [5.74, 6) is 0. The average Bonchev–Trinajstić information content (AvgIpc) is 4.20. The van der Waals surface area contributed by atoms with Crippen LogP contribution in [0.1, 0.15) is 80.6 Å². The van der Waals surface area contributed by atoms with E-state index < -0.39 is 5.41 Å². The Hall–Kier alpha value is -8.78. The molecule has 12 aromatic rings. The van der Waals surface area contributed by atoms with E-state index in [0.29, 0.717) is 11.1 Å². The Bertz CT molecular complexity index is 4230. The molecule has 2 aromatic heterocycles. The van der Waals surface area contributed by atoms with Crippen molar-refractivity contribution in [1.29, 1.82) is 10.5 Å². The average molecular weight is 1010 g/mol. The van der Waals surface area contributed by atoms with E-state index in [-0.39, 0.29) is 5.41 Å². The number of anilines is 6. The minimum Gasteiger partial charge on any atom is -0.309 e. The second-order valence-electron chi connectivity index (χ2n) is 21.4. The lowest BCUT2D eigenvalue weighted by Crippen LogP contribution is -2.40. The zero-order chi connectivity index (χ0) is 51.8. The standard InChI is InChI=1S/C70H50N4S2/c1-41-31-42(2)34-49(33-41)73(63-25-13-19-55-53-17-11-15-45(39-71)65(53)75-67(55)63)47-27-29-51-52-30-28-48(38-62(52)70(61(51)37-47)59-23-9-7-21-57(59)69(5,6)58-22-8-10-24-60(58)70)74(50-35-43(3)32-44(4)36-50)64-26-14-20-56-54-18-12-16-46(40-72)66(54)76-68(56)64/h7-38H,1-6H3. The van der Waals surface area contributed by atoms with Crippen LogP contribution in [0.5, 0.6) is 0 Å². The van der Waals surface area contributed by atoms with Gasteiger partial charge in [-0.05, 0) is 167 Å². The maximum absolute atomic E-state index is 10.3. The monoisotopic (exact) mass is 1010 g/mol. The summed E-state index contributed by atoms with van der Waals surface area (Å²) in [6.45, 7) is 13.5. The van der Waals surface area contributed by atoms with Crippen molar-refractivity contribution in [2.24, 2.45) is 0 Å². The molecule has 1 spiro atoms. The number of fused-ring (bicyclic) bond motifs is 15. The normalized spacial score (nSPS) is 13.6. The van der Waals surface area contributed by atoms with E-state index in [1.165, 1.54) is 66.8 Å². The molecule has 0 saturated heterocycles. The van der Waals surface area contributed by atoms with Crippen LogP contribution in [-0.4, -0.2) is 0 Å². The molecule has 2 heterocycles. The highest BCUT2D eigenvalue weighted by Crippen LogP contribution is 2.64. The van der Waals surface area contributed by atoms with Crippen molar-refractivity contribution in [3.63, 3.8) is 0 Å². The Balaban J connectivity index is 1.07. The first kappa shape index (κ1) is 45.8. The molecule has 14 rings (SSSR count). The lowest BCUT2D eigenvalue weighted by Gasteiger charge is -2.47. The Morgan fingerprint density at radius 1 is 0.355 bits per heavy atom. The molecular formula is C70H50N4S2. The molecule has 0 amide bonds. The van der Waals surface area contributed by atoms with Crippen molar-refractivity contribution in [1.82, 2.24) is 0 Å². The number of thiophene rings is 2. The highest BCUT2D eigenvalue weighted by Gasteiger charge is 2.53. The first-order chi connectivity index (χ1) is 37.0. The molecule has 0 bridgehead atoms. The predicted molar refractivity (Wildman–Crippen MR) is 319 cm³/mol. The van der Waals surface area contributed by atoms with Gasteiger partial charge in [-0.25, -0.2) is 0 Å². The van der Waals surface area contributed by atoms with Crippen LogP contribution in [0, 0.1) is 50.4 Å². The van der Waals surface area contributed by atoms with Crippen molar-refractivity contribution in [2.75, 3.05) is 9.80 Å². The molecule has 2 aliphatic rings. The topological polar surface area (TPSA) is 54.1 Å². The van der Waals surface area contributed by atoms with Gasteiger partial charge in [0.2, 0.25) is 0 Å². The summed E-state index contributed by atoms with van der Waals surface area (Å²) in [6, 6.07) is 76.9. The molecule has 0 atom stereocenters. The van der Waals surface area contributed by atoms with E-state index in [0.717, 1.165) is 74.5 Å². The maximum atomic E-state index is 10.3. The van der Waals surface area contributed by atoms with E-state index in [1.54, 1.807) is 22.7 Å². The lowest BCUT2D eigenvalue weighted by atomic mass is 9.55. The van der Waals surface area contributed by atoms with Crippen LogP contribution in [0.15, 0.2) is 194 Å². The molecule has 0 saturated carbocycles. The molecule has 76 heavy (non-hydrogen) atoms. The summed E-state index contributed by atoms with van der Waals surface area (Å²) < 4.78 is 4.30.